The molecule has 0 radical (unpaired) electrons. The number of nitro benzene ring substituents is 1. The second kappa shape index (κ2) is 7.45. The van der Waals surface area contributed by atoms with Crippen molar-refractivity contribution in [1.82, 2.24) is 4.31 Å². The molecule has 142 valence electrons. The van der Waals surface area contributed by atoms with Gasteiger partial charge in [-0.05, 0) is 49.6 Å². The lowest BCUT2D eigenvalue weighted by Crippen LogP contribution is -2.28. The zero-order valence-electron chi connectivity index (χ0n) is 14.7. The van der Waals surface area contributed by atoms with Crippen molar-refractivity contribution in [2.75, 3.05) is 18.4 Å². The third-order valence-corrected chi connectivity index (χ3v) is 6.36. The van der Waals surface area contributed by atoms with Crippen LogP contribution in [0, 0.1) is 17.0 Å². The minimum atomic E-state index is -3.61. The van der Waals surface area contributed by atoms with E-state index < -0.39 is 20.9 Å². The van der Waals surface area contributed by atoms with Crippen LogP contribution in [0.15, 0.2) is 47.4 Å². The first-order valence-corrected chi connectivity index (χ1v) is 9.89. The summed E-state index contributed by atoms with van der Waals surface area (Å²) in [5.41, 5.74) is 1.11. The highest BCUT2D eigenvalue weighted by Gasteiger charge is 2.27. The standard InChI is InChI=1S/C18H19N3O5S/c1-13-11-15(21(23)24)7-8-17(13)19-18(22)14-5-4-6-16(12-14)27(25,26)20-9-2-3-10-20/h4-8,11-12H,2-3,9-10H2,1H3,(H,19,22). The molecule has 1 amide bonds. The van der Waals surface area contributed by atoms with Crippen LogP contribution in [0.5, 0.6) is 0 Å². The molecule has 2 aromatic carbocycles. The number of carbonyl (C=O) groups excluding carboxylic acids is 1. The number of benzene rings is 2. The van der Waals surface area contributed by atoms with E-state index in [-0.39, 0.29) is 16.1 Å². The molecule has 0 aromatic heterocycles. The van der Waals surface area contributed by atoms with Gasteiger partial charge in [-0.3, -0.25) is 14.9 Å². The summed E-state index contributed by atoms with van der Waals surface area (Å²) >= 11 is 0. The molecule has 0 unspecified atom stereocenters. The van der Waals surface area contributed by atoms with Crippen molar-refractivity contribution < 1.29 is 18.1 Å². The Morgan fingerprint density at radius 2 is 1.85 bits per heavy atom. The molecular formula is C18H19N3O5S. The number of non-ortho nitro benzene ring substituents is 1. The number of hydrogen-bond donors (Lipinski definition) is 1. The maximum absolute atomic E-state index is 12.7. The van der Waals surface area contributed by atoms with Gasteiger partial charge in [0.1, 0.15) is 0 Å². The molecule has 2 aromatic rings. The summed E-state index contributed by atoms with van der Waals surface area (Å²) in [6.07, 6.45) is 1.66. The summed E-state index contributed by atoms with van der Waals surface area (Å²) in [7, 11) is -3.61. The Morgan fingerprint density at radius 3 is 2.48 bits per heavy atom. The second-order valence-corrected chi connectivity index (χ2v) is 8.29. The van der Waals surface area contributed by atoms with Crippen molar-refractivity contribution in [2.24, 2.45) is 0 Å². The molecule has 1 heterocycles. The number of nitrogens with zero attached hydrogens (tertiary/aromatic N) is 2. The van der Waals surface area contributed by atoms with Gasteiger partial charge < -0.3 is 5.32 Å². The van der Waals surface area contributed by atoms with Crippen LogP contribution in [0.4, 0.5) is 11.4 Å². The molecule has 0 spiro atoms. The number of nitrogens with one attached hydrogen (secondary N) is 1. The Hall–Kier alpha value is -2.78. The number of carbonyl (C=O) groups is 1. The Bertz CT molecular complexity index is 998. The summed E-state index contributed by atoms with van der Waals surface area (Å²) < 4.78 is 26.7. The van der Waals surface area contributed by atoms with Crippen molar-refractivity contribution in [3.63, 3.8) is 0 Å². The fourth-order valence-electron chi connectivity index (χ4n) is 2.97. The van der Waals surface area contributed by atoms with Crippen LogP contribution in [0.3, 0.4) is 0 Å². The average molecular weight is 389 g/mol. The molecule has 1 aliphatic heterocycles. The van der Waals surface area contributed by atoms with Gasteiger partial charge >= 0.3 is 0 Å². The Labute approximate surface area is 157 Å². The summed E-state index contributed by atoms with van der Waals surface area (Å²) in [5, 5.41) is 13.5. The van der Waals surface area contributed by atoms with Gasteiger partial charge in [0.05, 0.1) is 9.82 Å². The Balaban J connectivity index is 1.83. The van der Waals surface area contributed by atoms with Crippen LogP contribution >= 0.6 is 0 Å². The van der Waals surface area contributed by atoms with Gasteiger partial charge in [-0.15, -0.1) is 0 Å². The van der Waals surface area contributed by atoms with Gasteiger partial charge in [-0.2, -0.15) is 4.31 Å². The smallest absolute Gasteiger partial charge is 0.269 e. The average Bonchev–Trinajstić information content (AvgIpc) is 3.19. The van der Waals surface area contributed by atoms with E-state index in [1.165, 1.54) is 46.8 Å². The Morgan fingerprint density at radius 1 is 1.15 bits per heavy atom. The van der Waals surface area contributed by atoms with Crippen molar-refractivity contribution in [2.45, 2.75) is 24.7 Å². The first kappa shape index (κ1) is 19.0. The monoisotopic (exact) mass is 389 g/mol. The first-order valence-electron chi connectivity index (χ1n) is 8.45. The van der Waals surface area contributed by atoms with Crippen LogP contribution in [-0.4, -0.2) is 36.6 Å². The zero-order chi connectivity index (χ0) is 19.6. The number of sulfonamides is 1. The van der Waals surface area contributed by atoms with E-state index in [0.717, 1.165) is 12.8 Å². The number of aryl methyl sites for hydroxylation is 1. The van der Waals surface area contributed by atoms with Gasteiger partial charge in [0.25, 0.3) is 11.6 Å². The van der Waals surface area contributed by atoms with E-state index in [4.69, 9.17) is 0 Å². The lowest BCUT2D eigenvalue weighted by atomic mass is 10.1. The number of amides is 1. The van der Waals surface area contributed by atoms with Crippen LogP contribution < -0.4 is 5.32 Å². The van der Waals surface area contributed by atoms with Crippen molar-refractivity contribution in [3.8, 4) is 0 Å². The molecule has 0 bridgehead atoms. The number of rotatable bonds is 5. The van der Waals surface area contributed by atoms with Crippen molar-refractivity contribution in [1.29, 1.82) is 0 Å². The third-order valence-electron chi connectivity index (χ3n) is 4.47. The maximum atomic E-state index is 12.7. The largest absolute Gasteiger partial charge is 0.322 e. The van der Waals surface area contributed by atoms with Gasteiger partial charge in [-0.1, -0.05) is 6.07 Å². The van der Waals surface area contributed by atoms with Gasteiger partial charge in [0, 0.05) is 36.5 Å². The minimum Gasteiger partial charge on any atom is -0.322 e. The van der Waals surface area contributed by atoms with E-state index in [1.54, 1.807) is 6.92 Å². The van der Waals surface area contributed by atoms with Gasteiger partial charge in [0.2, 0.25) is 10.0 Å². The molecule has 0 saturated carbocycles. The summed E-state index contributed by atoms with van der Waals surface area (Å²) in [4.78, 5) is 22.9. The van der Waals surface area contributed by atoms with Gasteiger partial charge in [0.15, 0.2) is 0 Å². The van der Waals surface area contributed by atoms with Crippen molar-refractivity contribution in [3.05, 3.63) is 63.7 Å². The molecule has 27 heavy (non-hydrogen) atoms. The fourth-order valence-corrected chi connectivity index (χ4v) is 4.53. The van der Waals surface area contributed by atoms with E-state index in [1.807, 2.05) is 0 Å². The number of nitro groups is 1. The molecule has 1 aliphatic rings. The maximum Gasteiger partial charge on any atom is 0.269 e. The van der Waals surface area contributed by atoms with Crippen LogP contribution in [0.1, 0.15) is 28.8 Å². The SMILES string of the molecule is Cc1cc([N+](=O)[O-])ccc1NC(=O)c1cccc(S(=O)(=O)N2CCCC2)c1. The normalized spacial score (nSPS) is 14.9. The van der Waals surface area contributed by atoms with E-state index >= 15 is 0 Å². The molecule has 8 nitrogen and oxygen atoms in total. The first-order chi connectivity index (χ1) is 12.8. The van der Waals surface area contributed by atoms with E-state index in [2.05, 4.69) is 5.32 Å². The van der Waals surface area contributed by atoms with Crippen LogP contribution in [0.2, 0.25) is 0 Å². The number of anilines is 1. The third kappa shape index (κ3) is 3.99. The van der Waals surface area contributed by atoms with Crippen LogP contribution in [0.25, 0.3) is 0 Å². The predicted octanol–water partition coefficient (Wildman–Crippen LogP) is 2.94. The topological polar surface area (TPSA) is 110 Å². The summed E-state index contributed by atoms with van der Waals surface area (Å²) in [6, 6.07) is 10.0. The molecule has 1 fully saturated rings. The Kier molecular flexibility index (Phi) is 5.24. The summed E-state index contributed by atoms with van der Waals surface area (Å²) in [5.74, 6) is -0.481. The fraction of sp³-hybridized carbons (Fsp3) is 0.278. The predicted molar refractivity (Wildman–Crippen MR) is 100 cm³/mol. The molecule has 1 N–H and O–H groups in total. The lowest BCUT2D eigenvalue weighted by molar-refractivity contribution is -0.384. The molecule has 3 rings (SSSR count). The highest BCUT2D eigenvalue weighted by Crippen LogP contribution is 2.24. The quantitative estimate of drug-likeness (QED) is 0.624. The van der Waals surface area contributed by atoms with Crippen molar-refractivity contribution >= 4 is 27.3 Å². The lowest BCUT2D eigenvalue weighted by Gasteiger charge is -2.16. The molecule has 9 heteroatoms. The minimum absolute atomic E-state index is 0.0656. The molecular weight excluding hydrogens is 370 g/mol. The zero-order valence-corrected chi connectivity index (χ0v) is 15.5. The highest BCUT2D eigenvalue weighted by molar-refractivity contribution is 7.89. The highest BCUT2D eigenvalue weighted by atomic mass is 32.2. The molecule has 0 aliphatic carbocycles. The van der Waals surface area contributed by atoms with Crippen LogP contribution in [-0.2, 0) is 10.0 Å². The second-order valence-electron chi connectivity index (χ2n) is 6.35. The van der Waals surface area contributed by atoms with Gasteiger partial charge in [-0.25, -0.2) is 8.42 Å². The van der Waals surface area contributed by atoms with E-state index in [0.29, 0.717) is 24.3 Å². The number of hydrogen-bond acceptors (Lipinski definition) is 5. The molecule has 1 saturated heterocycles. The summed E-state index contributed by atoms with van der Waals surface area (Å²) in [6.45, 7) is 2.62. The van der Waals surface area contributed by atoms with E-state index in [9.17, 15) is 23.3 Å². The molecule has 0 atom stereocenters.